The van der Waals surface area contributed by atoms with Gasteiger partial charge in [0.2, 0.25) is 0 Å². The summed E-state index contributed by atoms with van der Waals surface area (Å²) in [4.78, 5) is 2.33. The van der Waals surface area contributed by atoms with Crippen molar-refractivity contribution in [2.24, 2.45) is 0 Å². The van der Waals surface area contributed by atoms with Crippen molar-refractivity contribution in [2.75, 3.05) is 4.90 Å². The zero-order valence-corrected chi connectivity index (χ0v) is 33.4. The molecule has 0 amide bonds. The van der Waals surface area contributed by atoms with Gasteiger partial charge in [0.15, 0.2) is 0 Å². The Morgan fingerprint density at radius 1 is 0.344 bits per heavy atom. The highest BCUT2D eigenvalue weighted by Gasteiger charge is 2.46. The van der Waals surface area contributed by atoms with Gasteiger partial charge in [-0.25, -0.2) is 0 Å². The molecule has 0 fully saturated rings. The molecule has 1 heterocycles. The highest BCUT2D eigenvalue weighted by Crippen LogP contribution is 2.57. The third-order valence-electron chi connectivity index (χ3n) is 12.7. The molecule has 61 heavy (non-hydrogen) atoms. The highest BCUT2D eigenvalue weighted by atomic mass is 16.3. The third kappa shape index (κ3) is 5.50. The van der Waals surface area contributed by atoms with E-state index in [9.17, 15) is 0 Å². The Labute approximate surface area is 355 Å². The number of rotatable bonds is 7. The lowest BCUT2D eigenvalue weighted by molar-refractivity contribution is 0.670. The molecule has 10 aromatic carbocycles. The highest BCUT2D eigenvalue weighted by molar-refractivity contribution is 6.19. The number of hydrogen-bond acceptors (Lipinski definition) is 2. The van der Waals surface area contributed by atoms with Crippen molar-refractivity contribution in [1.82, 2.24) is 0 Å². The van der Waals surface area contributed by atoms with Gasteiger partial charge < -0.3 is 9.32 Å². The van der Waals surface area contributed by atoms with Gasteiger partial charge >= 0.3 is 0 Å². The van der Waals surface area contributed by atoms with Crippen molar-refractivity contribution in [3.05, 3.63) is 259 Å². The second-order valence-corrected chi connectivity index (χ2v) is 16.0. The summed E-state index contributed by atoms with van der Waals surface area (Å²) >= 11 is 0. The molecule has 0 aliphatic heterocycles. The van der Waals surface area contributed by atoms with Gasteiger partial charge in [-0.05, 0) is 115 Å². The van der Waals surface area contributed by atoms with Crippen LogP contribution < -0.4 is 4.90 Å². The van der Waals surface area contributed by atoms with E-state index in [1.807, 2.05) is 0 Å². The molecule has 1 aliphatic carbocycles. The van der Waals surface area contributed by atoms with E-state index in [2.05, 4.69) is 241 Å². The molecule has 286 valence electrons. The molecule has 0 atom stereocenters. The molecule has 0 saturated carbocycles. The number of furan rings is 1. The average Bonchev–Trinajstić information content (AvgIpc) is 3.85. The van der Waals surface area contributed by atoms with Crippen molar-refractivity contribution in [1.29, 1.82) is 0 Å². The lowest BCUT2D eigenvalue weighted by atomic mass is 9.67. The standard InChI is InChI=1S/C59H39NO/c1-5-17-40(18-6-1)41-29-32-47(33-30-41)60(46-24-11-4-12-25-46)48-34-36-56-52(39-48)53-37-42-19-13-14-26-49(42)57(58(53)61-56)43-31-35-51-50-27-15-16-28-54(50)59(55(51)38-43,44-20-7-2-8-21-44)45-22-9-3-10-23-45/h1-39H. The van der Waals surface area contributed by atoms with Crippen LogP contribution in [0.4, 0.5) is 17.1 Å². The van der Waals surface area contributed by atoms with E-state index >= 15 is 0 Å². The molecule has 0 radical (unpaired) electrons. The van der Waals surface area contributed by atoms with E-state index in [1.54, 1.807) is 0 Å². The quantitative estimate of drug-likeness (QED) is 0.160. The minimum atomic E-state index is -0.503. The lowest BCUT2D eigenvalue weighted by Gasteiger charge is -2.34. The average molecular weight is 778 g/mol. The first-order valence-electron chi connectivity index (χ1n) is 21.0. The molecular formula is C59H39NO. The normalized spacial score (nSPS) is 12.7. The molecule has 0 N–H and O–H groups in total. The SMILES string of the molecule is c1ccc(-c2ccc(N(c3ccccc3)c3ccc4oc5c(-c6ccc7c(c6)C(c6ccccc6)(c6ccccc6)c6ccccc6-7)c6ccccc6cc5c4c3)cc2)cc1. The minimum absolute atomic E-state index is 0.503. The zero-order valence-electron chi connectivity index (χ0n) is 33.4. The number of fused-ring (bicyclic) bond motifs is 7. The molecule has 11 aromatic rings. The molecule has 1 aliphatic rings. The smallest absolute Gasteiger partial charge is 0.143 e. The maximum atomic E-state index is 7.04. The molecule has 0 unspecified atom stereocenters. The Balaban J connectivity index is 1.07. The summed E-state index contributed by atoms with van der Waals surface area (Å²) in [6.45, 7) is 0. The van der Waals surface area contributed by atoms with Crippen molar-refractivity contribution in [3.63, 3.8) is 0 Å². The van der Waals surface area contributed by atoms with E-state index < -0.39 is 5.41 Å². The molecular weight excluding hydrogens is 739 g/mol. The van der Waals surface area contributed by atoms with Crippen molar-refractivity contribution < 1.29 is 4.42 Å². The van der Waals surface area contributed by atoms with Crippen LogP contribution in [0, 0.1) is 0 Å². The predicted molar refractivity (Wildman–Crippen MR) is 254 cm³/mol. The van der Waals surface area contributed by atoms with E-state index in [0.29, 0.717) is 0 Å². The van der Waals surface area contributed by atoms with Crippen LogP contribution in [0.15, 0.2) is 241 Å². The predicted octanol–water partition coefficient (Wildman–Crippen LogP) is 15.9. The maximum absolute atomic E-state index is 7.04. The number of nitrogens with zero attached hydrogens (tertiary/aromatic N) is 1. The van der Waals surface area contributed by atoms with E-state index in [-0.39, 0.29) is 0 Å². The second-order valence-electron chi connectivity index (χ2n) is 16.0. The largest absolute Gasteiger partial charge is 0.455 e. The monoisotopic (exact) mass is 777 g/mol. The fourth-order valence-corrected chi connectivity index (χ4v) is 10.0. The minimum Gasteiger partial charge on any atom is -0.455 e. The molecule has 12 rings (SSSR count). The molecule has 2 heteroatoms. The van der Waals surface area contributed by atoms with Gasteiger partial charge in [0.05, 0.1) is 5.41 Å². The molecule has 0 saturated heterocycles. The van der Waals surface area contributed by atoms with E-state index in [1.165, 1.54) is 55.3 Å². The Bertz CT molecular complexity index is 3350. The fraction of sp³-hybridized carbons (Fsp3) is 0.0169. The van der Waals surface area contributed by atoms with Crippen LogP contribution in [0.2, 0.25) is 0 Å². The van der Waals surface area contributed by atoms with E-state index in [4.69, 9.17) is 4.42 Å². The van der Waals surface area contributed by atoms with Crippen LogP contribution in [-0.2, 0) is 5.41 Å². The third-order valence-corrected chi connectivity index (χ3v) is 12.7. The van der Waals surface area contributed by atoms with Crippen LogP contribution in [0.3, 0.4) is 0 Å². The molecule has 0 spiro atoms. The Morgan fingerprint density at radius 2 is 0.902 bits per heavy atom. The topological polar surface area (TPSA) is 16.4 Å². The van der Waals surface area contributed by atoms with Gasteiger partial charge in [-0.2, -0.15) is 0 Å². The van der Waals surface area contributed by atoms with Crippen molar-refractivity contribution in [2.45, 2.75) is 5.41 Å². The van der Waals surface area contributed by atoms with Crippen LogP contribution >= 0.6 is 0 Å². The first-order valence-corrected chi connectivity index (χ1v) is 21.0. The first-order chi connectivity index (χ1) is 30.3. The van der Waals surface area contributed by atoms with Gasteiger partial charge in [0.1, 0.15) is 11.2 Å². The summed E-state index contributed by atoms with van der Waals surface area (Å²) in [6, 6.07) is 85.8. The Kier molecular flexibility index (Phi) is 8.11. The van der Waals surface area contributed by atoms with Gasteiger partial charge in [0.25, 0.3) is 0 Å². The number of benzene rings is 10. The lowest BCUT2D eigenvalue weighted by Crippen LogP contribution is -2.28. The second kappa shape index (κ2) is 14.1. The summed E-state index contributed by atoms with van der Waals surface area (Å²) in [7, 11) is 0. The van der Waals surface area contributed by atoms with Crippen molar-refractivity contribution >= 4 is 49.8 Å². The van der Waals surface area contributed by atoms with Crippen LogP contribution in [-0.4, -0.2) is 0 Å². The summed E-state index contributed by atoms with van der Waals surface area (Å²) in [5, 5.41) is 4.52. The summed E-state index contributed by atoms with van der Waals surface area (Å²) in [5.74, 6) is 0. The zero-order chi connectivity index (χ0) is 40.3. The van der Waals surface area contributed by atoms with Gasteiger partial charge in [-0.15, -0.1) is 0 Å². The summed E-state index contributed by atoms with van der Waals surface area (Å²) < 4.78 is 7.04. The summed E-state index contributed by atoms with van der Waals surface area (Å²) in [6.07, 6.45) is 0. The fourth-order valence-electron chi connectivity index (χ4n) is 10.0. The van der Waals surface area contributed by atoms with Crippen molar-refractivity contribution in [3.8, 4) is 33.4 Å². The van der Waals surface area contributed by atoms with E-state index in [0.717, 1.165) is 50.1 Å². The van der Waals surface area contributed by atoms with Gasteiger partial charge in [-0.1, -0.05) is 182 Å². The van der Waals surface area contributed by atoms with Gasteiger partial charge in [-0.3, -0.25) is 0 Å². The van der Waals surface area contributed by atoms with Crippen LogP contribution in [0.1, 0.15) is 22.3 Å². The molecule has 2 nitrogen and oxygen atoms in total. The molecule has 1 aromatic heterocycles. The van der Waals surface area contributed by atoms with Crippen LogP contribution in [0.5, 0.6) is 0 Å². The number of anilines is 3. The summed E-state index contributed by atoms with van der Waals surface area (Å²) in [5.41, 5.74) is 16.7. The van der Waals surface area contributed by atoms with Gasteiger partial charge in [0, 0.05) is 33.4 Å². The Hall–Kier alpha value is -7.94. The Morgan fingerprint density at radius 3 is 1.64 bits per heavy atom. The first kappa shape index (κ1) is 35.0. The maximum Gasteiger partial charge on any atom is 0.143 e. The van der Waals surface area contributed by atoms with Crippen LogP contribution in [0.25, 0.3) is 66.1 Å². The molecule has 0 bridgehead atoms. The number of para-hydroxylation sites is 1. The number of hydrogen-bond donors (Lipinski definition) is 0.